The molecule has 116 valence electrons. The molecular weight excluding hydrogens is 292 g/mol. The SMILES string of the molecule is O=C(CCN1CCCCCC1)c1ccc([N+](=O)[O-])cc1.[Cl-]. The number of rotatable bonds is 5. The first kappa shape index (κ1) is 17.6. The number of hydrogen-bond donors (Lipinski definition) is 0. The molecule has 6 heteroatoms. The van der Waals surface area contributed by atoms with Crippen molar-refractivity contribution in [2.24, 2.45) is 0 Å². The summed E-state index contributed by atoms with van der Waals surface area (Å²) in [4.78, 5) is 24.5. The first-order valence-electron chi connectivity index (χ1n) is 7.17. The number of nitro groups is 1. The molecule has 0 aliphatic carbocycles. The number of hydrogen-bond acceptors (Lipinski definition) is 4. The standard InChI is InChI=1S/C15H20N2O3.ClH/c18-15(9-12-16-10-3-1-2-4-11-16)13-5-7-14(8-6-13)17(19)20;/h5-8H,1-4,9-12H2;1H/p-1. The average Bonchev–Trinajstić information content (AvgIpc) is 2.73. The van der Waals surface area contributed by atoms with Gasteiger partial charge in [-0.2, -0.15) is 0 Å². The maximum absolute atomic E-state index is 12.1. The summed E-state index contributed by atoms with van der Waals surface area (Å²) in [5, 5.41) is 10.6. The van der Waals surface area contributed by atoms with Gasteiger partial charge in [-0.05, 0) is 38.1 Å². The summed E-state index contributed by atoms with van der Waals surface area (Å²) in [6.07, 6.45) is 5.48. The van der Waals surface area contributed by atoms with E-state index in [-0.39, 0.29) is 23.9 Å². The number of likely N-dealkylation sites (tertiary alicyclic amines) is 1. The highest BCUT2D eigenvalue weighted by Gasteiger charge is 2.13. The van der Waals surface area contributed by atoms with Crippen molar-refractivity contribution in [2.45, 2.75) is 32.1 Å². The van der Waals surface area contributed by atoms with E-state index in [4.69, 9.17) is 0 Å². The van der Waals surface area contributed by atoms with Gasteiger partial charge in [-0.1, -0.05) is 12.8 Å². The molecule has 2 rings (SSSR count). The van der Waals surface area contributed by atoms with E-state index in [2.05, 4.69) is 4.90 Å². The van der Waals surface area contributed by atoms with Gasteiger partial charge in [0.1, 0.15) is 0 Å². The summed E-state index contributed by atoms with van der Waals surface area (Å²) in [6, 6.07) is 5.87. The number of Topliss-reactive ketones (excluding diaryl/α,β-unsaturated/α-hetero) is 1. The smallest absolute Gasteiger partial charge is 0.269 e. The Balaban J connectivity index is 0.00000220. The molecule has 1 aliphatic rings. The maximum atomic E-state index is 12.1. The van der Waals surface area contributed by atoms with Crippen LogP contribution < -0.4 is 12.4 Å². The largest absolute Gasteiger partial charge is 1.00 e. The van der Waals surface area contributed by atoms with Crippen molar-refractivity contribution in [1.82, 2.24) is 4.90 Å². The molecular formula is C15H20ClN2O3-. The second kappa shape index (κ2) is 8.74. The fraction of sp³-hybridized carbons (Fsp3) is 0.533. The van der Waals surface area contributed by atoms with E-state index in [0.717, 1.165) is 19.6 Å². The minimum Gasteiger partial charge on any atom is -1.00 e. The zero-order chi connectivity index (χ0) is 14.4. The highest BCUT2D eigenvalue weighted by atomic mass is 35.5. The van der Waals surface area contributed by atoms with Crippen LogP contribution in [-0.4, -0.2) is 35.2 Å². The zero-order valence-electron chi connectivity index (χ0n) is 12.0. The van der Waals surface area contributed by atoms with Crippen LogP contribution in [-0.2, 0) is 0 Å². The van der Waals surface area contributed by atoms with Crippen LogP contribution in [0.4, 0.5) is 5.69 Å². The average molecular weight is 312 g/mol. The lowest BCUT2D eigenvalue weighted by Crippen LogP contribution is -3.00. The van der Waals surface area contributed by atoms with Gasteiger partial charge in [0.15, 0.2) is 5.78 Å². The normalized spacial score (nSPS) is 15.8. The lowest BCUT2D eigenvalue weighted by atomic mass is 10.1. The molecule has 1 aromatic carbocycles. The molecule has 0 aromatic heterocycles. The summed E-state index contributed by atoms with van der Waals surface area (Å²) in [5.41, 5.74) is 0.583. The van der Waals surface area contributed by atoms with Crippen molar-refractivity contribution in [1.29, 1.82) is 0 Å². The third kappa shape index (κ3) is 5.44. The number of nitro benzene ring substituents is 1. The summed E-state index contributed by atoms with van der Waals surface area (Å²) in [5.74, 6) is 0.0594. The fourth-order valence-corrected chi connectivity index (χ4v) is 2.53. The third-order valence-electron chi connectivity index (χ3n) is 3.75. The van der Waals surface area contributed by atoms with Crippen LogP contribution in [0.1, 0.15) is 42.5 Å². The highest BCUT2D eigenvalue weighted by molar-refractivity contribution is 5.96. The van der Waals surface area contributed by atoms with Crippen LogP contribution >= 0.6 is 0 Å². The molecule has 1 aromatic rings. The number of carbonyl (C=O) groups is 1. The first-order chi connectivity index (χ1) is 9.66. The van der Waals surface area contributed by atoms with Gasteiger partial charge in [-0.3, -0.25) is 14.9 Å². The summed E-state index contributed by atoms with van der Waals surface area (Å²) in [7, 11) is 0. The van der Waals surface area contributed by atoms with Gasteiger partial charge < -0.3 is 17.3 Å². The van der Waals surface area contributed by atoms with Gasteiger partial charge in [0.2, 0.25) is 0 Å². The van der Waals surface area contributed by atoms with Gasteiger partial charge in [0, 0.05) is 30.7 Å². The molecule has 1 fully saturated rings. The number of ketones is 1. The Morgan fingerprint density at radius 3 is 2.19 bits per heavy atom. The zero-order valence-corrected chi connectivity index (χ0v) is 12.7. The van der Waals surface area contributed by atoms with E-state index in [0.29, 0.717) is 12.0 Å². The van der Waals surface area contributed by atoms with Crippen LogP contribution in [0.25, 0.3) is 0 Å². The Morgan fingerprint density at radius 1 is 1.10 bits per heavy atom. The molecule has 0 saturated carbocycles. The number of non-ortho nitro benzene ring substituents is 1. The topological polar surface area (TPSA) is 63.5 Å². The maximum Gasteiger partial charge on any atom is 0.269 e. The molecule has 0 unspecified atom stereocenters. The Labute approximate surface area is 130 Å². The van der Waals surface area contributed by atoms with Crippen LogP contribution in [0.5, 0.6) is 0 Å². The van der Waals surface area contributed by atoms with E-state index in [1.807, 2.05) is 0 Å². The lowest BCUT2D eigenvalue weighted by Gasteiger charge is -2.18. The Kier molecular flexibility index (Phi) is 7.32. The number of halogens is 1. The Bertz CT molecular complexity index is 468. The van der Waals surface area contributed by atoms with Gasteiger partial charge in [-0.25, -0.2) is 0 Å². The minimum atomic E-state index is -0.453. The van der Waals surface area contributed by atoms with E-state index >= 15 is 0 Å². The second-order valence-corrected chi connectivity index (χ2v) is 5.23. The molecule has 0 spiro atoms. The molecule has 1 saturated heterocycles. The Morgan fingerprint density at radius 2 is 1.67 bits per heavy atom. The molecule has 0 atom stereocenters. The first-order valence-corrected chi connectivity index (χ1v) is 7.17. The van der Waals surface area contributed by atoms with Crippen molar-refractivity contribution in [3.8, 4) is 0 Å². The summed E-state index contributed by atoms with van der Waals surface area (Å²) >= 11 is 0. The molecule has 21 heavy (non-hydrogen) atoms. The molecule has 1 heterocycles. The van der Waals surface area contributed by atoms with E-state index < -0.39 is 4.92 Å². The molecule has 0 radical (unpaired) electrons. The molecule has 0 N–H and O–H groups in total. The van der Waals surface area contributed by atoms with Crippen molar-refractivity contribution < 1.29 is 22.1 Å². The Hall–Kier alpha value is -1.46. The van der Waals surface area contributed by atoms with Crippen molar-refractivity contribution in [3.63, 3.8) is 0 Å². The predicted octanol–water partition coefficient (Wildman–Crippen LogP) is 0.0476. The van der Waals surface area contributed by atoms with Crippen molar-refractivity contribution >= 4 is 11.5 Å². The third-order valence-corrected chi connectivity index (χ3v) is 3.75. The molecule has 0 amide bonds. The van der Waals surface area contributed by atoms with Gasteiger partial charge in [0.05, 0.1) is 4.92 Å². The van der Waals surface area contributed by atoms with Gasteiger partial charge in [0.25, 0.3) is 5.69 Å². The monoisotopic (exact) mass is 311 g/mol. The van der Waals surface area contributed by atoms with Crippen LogP contribution in [0.2, 0.25) is 0 Å². The molecule has 5 nitrogen and oxygen atoms in total. The van der Waals surface area contributed by atoms with Gasteiger partial charge in [-0.15, -0.1) is 0 Å². The van der Waals surface area contributed by atoms with Crippen molar-refractivity contribution in [2.75, 3.05) is 19.6 Å². The van der Waals surface area contributed by atoms with Gasteiger partial charge >= 0.3 is 0 Å². The number of carbonyl (C=O) groups excluding carboxylic acids is 1. The summed E-state index contributed by atoms with van der Waals surface area (Å²) in [6.45, 7) is 2.94. The number of nitrogens with zero attached hydrogens (tertiary/aromatic N) is 2. The lowest BCUT2D eigenvalue weighted by molar-refractivity contribution is -0.384. The summed E-state index contributed by atoms with van der Waals surface area (Å²) < 4.78 is 0. The molecule has 1 aliphatic heterocycles. The molecule has 0 bridgehead atoms. The highest BCUT2D eigenvalue weighted by Crippen LogP contribution is 2.14. The van der Waals surface area contributed by atoms with Crippen LogP contribution in [0, 0.1) is 10.1 Å². The van der Waals surface area contributed by atoms with E-state index in [1.165, 1.54) is 37.8 Å². The minimum absolute atomic E-state index is 0. The second-order valence-electron chi connectivity index (χ2n) is 5.23. The number of benzene rings is 1. The predicted molar refractivity (Wildman–Crippen MR) is 77.0 cm³/mol. The van der Waals surface area contributed by atoms with E-state index in [9.17, 15) is 14.9 Å². The van der Waals surface area contributed by atoms with Crippen LogP contribution in [0.15, 0.2) is 24.3 Å². The van der Waals surface area contributed by atoms with E-state index in [1.54, 1.807) is 12.1 Å². The van der Waals surface area contributed by atoms with Crippen molar-refractivity contribution in [3.05, 3.63) is 39.9 Å². The fourth-order valence-electron chi connectivity index (χ4n) is 2.53. The van der Waals surface area contributed by atoms with Crippen LogP contribution in [0.3, 0.4) is 0 Å². The quantitative estimate of drug-likeness (QED) is 0.438.